The van der Waals surface area contributed by atoms with Crippen LogP contribution < -0.4 is 5.32 Å². The van der Waals surface area contributed by atoms with Crippen molar-refractivity contribution in [1.29, 1.82) is 0 Å². The maximum atomic E-state index is 11.7. The second-order valence-electron chi connectivity index (χ2n) is 3.43. The lowest BCUT2D eigenvalue weighted by Crippen LogP contribution is -2.42. The van der Waals surface area contributed by atoms with Gasteiger partial charge in [-0.1, -0.05) is 23.2 Å². The van der Waals surface area contributed by atoms with E-state index in [-0.39, 0.29) is 15.9 Å². The molecule has 0 bridgehead atoms. The zero-order valence-electron chi connectivity index (χ0n) is 9.26. The monoisotopic (exact) mass is 306 g/mol. The molecule has 1 aromatic heterocycles. The van der Waals surface area contributed by atoms with Gasteiger partial charge in [0.25, 0.3) is 5.91 Å². The van der Waals surface area contributed by atoms with Crippen LogP contribution in [0.5, 0.6) is 0 Å². The fraction of sp³-hybridized carbons (Fsp3) is 0.200. The third-order valence-corrected chi connectivity index (χ3v) is 2.54. The maximum absolute atomic E-state index is 11.7. The predicted octanol–water partition coefficient (Wildman–Crippen LogP) is 1.05. The average molecular weight is 307 g/mol. The van der Waals surface area contributed by atoms with Crippen molar-refractivity contribution in [3.63, 3.8) is 0 Å². The van der Waals surface area contributed by atoms with Crippen molar-refractivity contribution in [2.45, 2.75) is 12.5 Å². The third kappa shape index (κ3) is 4.38. The Labute approximate surface area is 117 Å². The van der Waals surface area contributed by atoms with Gasteiger partial charge in [0.15, 0.2) is 0 Å². The summed E-state index contributed by atoms with van der Waals surface area (Å²) in [4.78, 5) is 36.6. The molecule has 0 fully saturated rings. The molecule has 1 rings (SSSR count). The molecule has 1 amide bonds. The number of nitrogens with one attached hydrogen (secondary N) is 1. The molecule has 1 heterocycles. The summed E-state index contributed by atoms with van der Waals surface area (Å²) in [5.74, 6) is -3.66. The molecule has 102 valence electrons. The Hall–Kier alpha value is -1.86. The Bertz CT molecular complexity index is 535. The highest BCUT2D eigenvalue weighted by atomic mass is 35.5. The number of amides is 1. The van der Waals surface area contributed by atoms with E-state index in [1.165, 1.54) is 12.1 Å². The summed E-state index contributed by atoms with van der Waals surface area (Å²) in [6, 6.07) is 0.999. The molecule has 0 aromatic carbocycles. The van der Waals surface area contributed by atoms with Crippen LogP contribution in [-0.2, 0) is 9.59 Å². The number of rotatable bonds is 5. The Morgan fingerprint density at radius 3 is 2.37 bits per heavy atom. The normalized spacial score (nSPS) is 11.7. The van der Waals surface area contributed by atoms with Crippen LogP contribution in [0.3, 0.4) is 0 Å². The van der Waals surface area contributed by atoms with Crippen LogP contribution >= 0.6 is 23.2 Å². The van der Waals surface area contributed by atoms with E-state index in [1.807, 2.05) is 5.32 Å². The number of hydrogen-bond acceptors (Lipinski definition) is 4. The second-order valence-corrected chi connectivity index (χ2v) is 4.18. The van der Waals surface area contributed by atoms with Crippen molar-refractivity contribution in [3.8, 4) is 0 Å². The highest BCUT2D eigenvalue weighted by Crippen LogP contribution is 2.16. The number of carbonyl (C=O) groups excluding carboxylic acids is 1. The molecule has 3 N–H and O–H groups in total. The van der Waals surface area contributed by atoms with Gasteiger partial charge >= 0.3 is 11.9 Å². The molecular weight excluding hydrogens is 299 g/mol. The molecule has 0 aliphatic rings. The maximum Gasteiger partial charge on any atom is 0.326 e. The molecule has 0 unspecified atom stereocenters. The molecule has 7 nitrogen and oxygen atoms in total. The first-order chi connectivity index (χ1) is 8.81. The molecule has 0 saturated carbocycles. The topological polar surface area (TPSA) is 117 Å². The van der Waals surface area contributed by atoms with Gasteiger partial charge in [0.1, 0.15) is 16.3 Å². The molecule has 0 saturated heterocycles. The number of nitrogens with zero attached hydrogens (tertiary/aromatic N) is 1. The Morgan fingerprint density at radius 1 is 1.26 bits per heavy atom. The van der Waals surface area contributed by atoms with E-state index in [0.717, 1.165) is 0 Å². The van der Waals surface area contributed by atoms with Crippen LogP contribution in [-0.4, -0.2) is 39.1 Å². The van der Waals surface area contributed by atoms with Crippen molar-refractivity contribution in [3.05, 3.63) is 28.0 Å². The number of aliphatic carboxylic acids is 2. The highest BCUT2D eigenvalue weighted by molar-refractivity contribution is 6.34. The average Bonchev–Trinajstić information content (AvgIpc) is 2.26. The van der Waals surface area contributed by atoms with Crippen LogP contribution in [0.1, 0.15) is 16.8 Å². The molecular formula is C10H8Cl2N2O5. The van der Waals surface area contributed by atoms with Gasteiger partial charge in [-0.2, -0.15) is 0 Å². The molecule has 0 aliphatic heterocycles. The van der Waals surface area contributed by atoms with Crippen LogP contribution in [0.15, 0.2) is 12.1 Å². The van der Waals surface area contributed by atoms with Crippen molar-refractivity contribution in [2.75, 3.05) is 0 Å². The molecule has 1 aromatic rings. The van der Waals surface area contributed by atoms with Gasteiger partial charge in [-0.25, -0.2) is 9.78 Å². The van der Waals surface area contributed by atoms with Gasteiger partial charge in [-0.3, -0.25) is 9.59 Å². The summed E-state index contributed by atoms with van der Waals surface area (Å²) >= 11 is 11.2. The van der Waals surface area contributed by atoms with Gasteiger partial charge in [0.05, 0.1) is 12.0 Å². The molecule has 0 radical (unpaired) electrons. The van der Waals surface area contributed by atoms with E-state index in [0.29, 0.717) is 0 Å². The first-order valence-electron chi connectivity index (χ1n) is 4.88. The van der Waals surface area contributed by atoms with Gasteiger partial charge < -0.3 is 15.5 Å². The highest BCUT2D eigenvalue weighted by Gasteiger charge is 2.24. The van der Waals surface area contributed by atoms with Crippen molar-refractivity contribution in [1.82, 2.24) is 10.3 Å². The predicted molar refractivity (Wildman–Crippen MR) is 65.4 cm³/mol. The summed E-state index contributed by atoms with van der Waals surface area (Å²) in [7, 11) is 0. The van der Waals surface area contributed by atoms with E-state index in [1.54, 1.807) is 0 Å². The Balaban J connectivity index is 2.87. The molecule has 0 spiro atoms. The van der Waals surface area contributed by atoms with Crippen molar-refractivity contribution >= 4 is 41.0 Å². The lowest BCUT2D eigenvalue weighted by Gasteiger charge is -2.12. The third-order valence-electron chi connectivity index (χ3n) is 2.04. The fourth-order valence-electron chi connectivity index (χ4n) is 1.19. The summed E-state index contributed by atoms with van der Waals surface area (Å²) in [6.07, 6.45) is -0.750. The molecule has 19 heavy (non-hydrogen) atoms. The van der Waals surface area contributed by atoms with Gasteiger partial charge in [-0.15, -0.1) is 0 Å². The largest absolute Gasteiger partial charge is 0.481 e. The van der Waals surface area contributed by atoms with Crippen LogP contribution in [0.2, 0.25) is 10.3 Å². The Morgan fingerprint density at radius 2 is 1.89 bits per heavy atom. The van der Waals surface area contributed by atoms with Crippen molar-refractivity contribution in [2.24, 2.45) is 0 Å². The number of carbonyl (C=O) groups is 3. The van der Waals surface area contributed by atoms with Crippen molar-refractivity contribution < 1.29 is 24.6 Å². The standard InChI is InChI=1S/C10H8Cl2N2O5/c11-6-2-1-4(8(12)14-6)9(17)13-5(10(18)19)3-7(15)16/h1-2,5H,3H2,(H,13,17)(H,15,16)(H,18,19)/t5-/m1/s1. The van der Waals surface area contributed by atoms with Crippen LogP contribution in [0.4, 0.5) is 0 Å². The first kappa shape index (κ1) is 15.2. The summed E-state index contributed by atoms with van der Waals surface area (Å²) < 4.78 is 0. The lowest BCUT2D eigenvalue weighted by molar-refractivity contribution is -0.145. The number of hydrogen-bond donors (Lipinski definition) is 3. The molecule has 9 heteroatoms. The minimum Gasteiger partial charge on any atom is -0.481 e. The van der Waals surface area contributed by atoms with Gasteiger partial charge in [-0.05, 0) is 12.1 Å². The van der Waals surface area contributed by atoms with E-state index in [2.05, 4.69) is 4.98 Å². The quantitative estimate of drug-likeness (QED) is 0.700. The molecule has 1 atom stereocenters. The minimum absolute atomic E-state index is 0.0712. The number of carboxylic acid groups (broad SMARTS) is 2. The van der Waals surface area contributed by atoms with E-state index >= 15 is 0 Å². The number of carboxylic acids is 2. The SMILES string of the molecule is O=C(O)C[C@@H](NC(=O)c1ccc(Cl)nc1Cl)C(=O)O. The van der Waals surface area contributed by atoms with E-state index < -0.39 is 30.3 Å². The van der Waals surface area contributed by atoms with Gasteiger partial charge in [0, 0.05) is 0 Å². The smallest absolute Gasteiger partial charge is 0.326 e. The zero-order chi connectivity index (χ0) is 14.6. The van der Waals surface area contributed by atoms with E-state index in [4.69, 9.17) is 33.4 Å². The van der Waals surface area contributed by atoms with Crippen LogP contribution in [0, 0.1) is 0 Å². The summed E-state index contributed by atoms with van der Waals surface area (Å²) in [6.45, 7) is 0. The van der Waals surface area contributed by atoms with Gasteiger partial charge in [0.2, 0.25) is 0 Å². The Kier molecular flexibility index (Phi) is 5.08. The summed E-state index contributed by atoms with van der Waals surface area (Å²) in [5, 5.41) is 19.2. The summed E-state index contributed by atoms with van der Waals surface area (Å²) in [5.41, 5.74) is -0.0947. The van der Waals surface area contributed by atoms with E-state index in [9.17, 15) is 14.4 Å². The number of halogens is 2. The molecule has 0 aliphatic carbocycles. The number of pyridine rings is 1. The minimum atomic E-state index is -1.56. The lowest BCUT2D eigenvalue weighted by atomic mass is 10.2. The second kappa shape index (κ2) is 6.35. The van der Waals surface area contributed by atoms with Crippen LogP contribution in [0.25, 0.3) is 0 Å². The zero-order valence-corrected chi connectivity index (χ0v) is 10.8. The number of aromatic nitrogens is 1. The fourth-order valence-corrected chi connectivity index (χ4v) is 1.62. The first-order valence-corrected chi connectivity index (χ1v) is 5.64.